The summed E-state index contributed by atoms with van der Waals surface area (Å²) in [5, 5.41) is 14.3. The van der Waals surface area contributed by atoms with Gasteiger partial charge in [0.1, 0.15) is 0 Å². The summed E-state index contributed by atoms with van der Waals surface area (Å²) >= 11 is 0. The summed E-state index contributed by atoms with van der Waals surface area (Å²) in [4.78, 5) is 0. The van der Waals surface area contributed by atoms with Crippen molar-refractivity contribution >= 4 is 0 Å². The zero-order valence-electron chi connectivity index (χ0n) is 13.9. The van der Waals surface area contributed by atoms with Crippen molar-refractivity contribution in [3.63, 3.8) is 0 Å². The van der Waals surface area contributed by atoms with Crippen LogP contribution in [0.3, 0.4) is 0 Å². The van der Waals surface area contributed by atoms with Gasteiger partial charge in [0.15, 0.2) is 0 Å². The molecule has 2 heteroatoms. The van der Waals surface area contributed by atoms with E-state index in [1.165, 1.54) is 70.6 Å². The number of hydrogen-bond acceptors (Lipinski definition) is 2. The van der Waals surface area contributed by atoms with Crippen molar-refractivity contribution in [3.05, 3.63) is 0 Å². The van der Waals surface area contributed by atoms with E-state index in [0.717, 1.165) is 19.4 Å². The minimum absolute atomic E-state index is 0.411. The van der Waals surface area contributed by atoms with Crippen molar-refractivity contribution in [2.45, 2.75) is 109 Å². The number of hydrogen-bond donors (Lipinski definition) is 2. The molecule has 2 nitrogen and oxygen atoms in total. The second-order valence-corrected chi connectivity index (χ2v) is 6.85. The van der Waals surface area contributed by atoms with Crippen molar-refractivity contribution in [2.75, 3.05) is 6.54 Å². The van der Waals surface area contributed by atoms with Gasteiger partial charge in [-0.25, -0.2) is 0 Å². The number of rotatable bonds is 11. The molecule has 0 radical (unpaired) electrons. The van der Waals surface area contributed by atoms with E-state index < -0.39 is 5.60 Å². The Bertz CT molecular complexity index is 213. The summed E-state index contributed by atoms with van der Waals surface area (Å²) in [6.45, 7) is 5.35. The molecule has 0 saturated heterocycles. The third-order valence-electron chi connectivity index (χ3n) is 4.82. The summed E-state index contributed by atoms with van der Waals surface area (Å²) in [5.74, 6) is 0. The lowest BCUT2D eigenvalue weighted by Gasteiger charge is -2.34. The predicted octanol–water partition coefficient (Wildman–Crippen LogP) is 4.80. The third kappa shape index (κ3) is 7.64. The van der Waals surface area contributed by atoms with E-state index in [2.05, 4.69) is 19.2 Å². The van der Waals surface area contributed by atoms with Gasteiger partial charge in [-0.1, -0.05) is 71.6 Å². The van der Waals surface area contributed by atoms with E-state index in [1.54, 1.807) is 0 Å². The van der Waals surface area contributed by atoms with Crippen LogP contribution >= 0.6 is 0 Å². The Morgan fingerprint density at radius 3 is 1.95 bits per heavy atom. The fourth-order valence-corrected chi connectivity index (χ4v) is 3.35. The molecule has 120 valence electrons. The molecular formula is C18H37NO. The molecule has 1 saturated carbocycles. The molecule has 0 bridgehead atoms. The Labute approximate surface area is 126 Å². The second-order valence-electron chi connectivity index (χ2n) is 6.85. The van der Waals surface area contributed by atoms with Crippen LogP contribution in [0, 0.1) is 0 Å². The zero-order chi connectivity index (χ0) is 14.7. The molecule has 20 heavy (non-hydrogen) atoms. The van der Waals surface area contributed by atoms with E-state index in [-0.39, 0.29) is 0 Å². The molecule has 1 rings (SSSR count). The SMILES string of the molecule is CCCCCC(CCCCC)NCC1(O)CCCCC1. The lowest BCUT2D eigenvalue weighted by Crippen LogP contribution is -2.45. The van der Waals surface area contributed by atoms with Crippen LogP contribution in [0.2, 0.25) is 0 Å². The van der Waals surface area contributed by atoms with Gasteiger partial charge in [0.25, 0.3) is 0 Å². The number of unbranched alkanes of at least 4 members (excludes halogenated alkanes) is 4. The first-order valence-electron chi connectivity index (χ1n) is 9.16. The molecule has 0 aliphatic heterocycles. The standard InChI is InChI=1S/C18H37NO/c1-3-5-8-12-17(13-9-6-4-2)19-16-18(20)14-10-7-11-15-18/h17,19-20H,3-16H2,1-2H3. The van der Waals surface area contributed by atoms with Crippen molar-refractivity contribution in [2.24, 2.45) is 0 Å². The van der Waals surface area contributed by atoms with E-state index in [0.29, 0.717) is 6.04 Å². The Balaban J connectivity index is 2.29. The molecule has 0 aromatic rings. The quantitative estimate of drug-likeness (QED) is 0.534. The first-order valence-corrected chi connectivity index (χ1v) is 9.16. The highest BCUT2D eigenvalue weighted by Crippen LogP contribution is 2.27. The third-order valence-corrected chi connectivity index (χ3v) is 4.82. The summed E-state index contributed by atoms with van der Waals surface area (Å²) < 4.78 is 0. The van der Waals surface area contributed by atoms with Crippen LogP contribution in [0.25, 0.3) is 0 Å². The van der Waals surface area contributed by atoms with E-state index in [4.69, 9.17) is 0 Å². The maximum Gasteiger partial charge on any atom is 0.0771 e. The fourth-order valence-electron chi connectivity index (χ4n) is 3.35. The maximum absolute atomic E-state index is 10.6. The minimum Gasteiger partial charge on any atom is -0.389 e. The van der Waals surface area contributed by atoms with Crippen LogP contribution in [0.4, 0.5) is 0 Å². The van der Waals surface area contributed by atoms with Gasteiger partial charge in [-0.2, -0.15) is 0 Å². The Morgan fingerprint density at radius 2 is 1.45 bits per heavy atom. The molecule has 0 atom stereocenters. The lowest BCUT2D eigenvalue weighted by atomic mass is 9.84. The average molecular weight is 284 g/mol. The highest BCUT2D eigenvalue weighted by molar-refractivity contribution is 4.85. The monoisotopic (exact) mass is 283 g/mol. The van der Waals surface area contributed by atoms with E-state index in [9.17, 15) is 5.11 Å². The van der Waals surface area contributed by atoms with Crippen molar-refractivity contribution in [1.82, 2.24) is 5.32 Å². The summed E-state index contributed by atoms with van der Waals surface area (Å²) in [6.07, 6.45) is 16.2. The molecule has 1 fully saturated rings. The largest absolute Gasteiger partial charge is 0.389 e. The van der Waals surface area contributed by atoms with Crippen LogP contribution in [0.1, 0.15) is 97.3 Å². The molecule has 0 amide bonds. The van der Waals surface area contributed by atoms with Crippen molar-refractivity contribution in [3.8, 4) is 0 Å². The van der Waals surface area contributed by atoms with Gasteiger partial charge >= 0.3 is 0 Å². The van der Waals surface area contributed by atoms with E-state index in [1.807, 2.05) is 0 Å². The smallest absolute Gasteiger partial charge is 0.0771 e. The molecule has 0 spiro atoms. The second kappa shape index (κ2) is 10.6. The van der Waals surface area contributed by atoms with Crippen LogP contribution in [0.15, 0.2) is 0 Å². The molecule has 0 unspecified atom stereocenters. The fraction of sp³-hybridized carbons (Fsp3) is 1.00. The topological polar surface area (TPSA) is 32.3 Å². The molecule has 0 heterocycles. The molecular weight excluding hydrogens is 246 g/mol. The molecule has 1 aliphatic carbocycles. The highest BCUT2D eigenvalue weighted by atomic mass is 16.3. The van der Waals surface area contributed by atoms with Gasteiger partial charge in [-0.3, -0.25) is 0 Å². The van der Waals surface area contributed by atoms with Gasteiger partial charge in [-0.15, -0.1) is 0 Å². The molecule has 2 N–H and O–H groups in total. The van der Waals surface area contributed by atoms with E-state index >= 15 is 0 Å². The zero-order valence-corrected chi connectivity index (χ0v) is 13.9. The average Bonchev–Trinajstić information content (AvgIpc) is 2.45. The number of aliphatic hydroxyl groups is 1. The van der Waals surface area contributed by atoms with Gasteiger partial charge in [-0.05, 0) is 25.7 Å². The maximum atomic E-state index is 10.6. The van der Waals surface area contributed by atoms with Crippen LogP contribution in [0.5, 0.6) is 0 Å². The van der Waals surface area contributed by atoms with Gasteiger partial charge < -0.3 is 10.4 Å². The highest BCUT2D eigenvalue weighted by Gasteiger charge is 2.29. The Hall–Kier alpha value is -0.0800. The van der Waals surface area contributed by atoms with Crippen molar-refractivity contribution < 1.29 is 5.11 Å². The molecule has 0 aromatic carbocycles. The van der Waals surface area contributed by atoms with Crippen LogP contribution in [-0.4, -0.2) is 23.3 Å². The predicted molar refractivity (Wildman–Crippen MR) is 88.1 cm³/mol. The molecule has 0 aromatic heterocycles. The van der Waals surface area contributed by atoms with Gasteiger partial charge in [0, 0.05) is 12.6 Å². The van der Waals surface area contributed by atoms with Gasteiger partial charge in [0.2, 0.25) is 0 Å². The van der Waals surface area contributed by atoms with Gasteiger partial charge in [0.05, 0.1) is 5.60 Å². The summed E-state index contributed by atoms with van der Waals surface area (Å²) in [7, 11) is 0. The number of nitrogens with one attached hydrogen (secondary N) is 1. The summed E-state index contributed by atoms with van der Waals surface area (Å²) in [5.41, 5.74) is -0.411. The summed E-state index contributed by atoms with van der Waals surface area (Å²) in [6, 6.07) is 0.624. The lowest BCUT2D eigenvalue weighted by molar-refractivity contribution is 0.00209. The van der Waals surface area contributed by atoms with Crippen molar-refractivity contribution in [1.29, 1.82) is 0 Å². The van der Waals surface area contributed by atoms with Crippen LogP contribution < -0.4 is 5.32 Å². The van der Waals surface area contributed by atoms with Crippen LogP contribution in [-0.2, 0) is 0 Å². The Kier molecular flexibility index (Phi) is 9.54. The first-order chi connectivity index (χ1) is 9.70. The minimum atomic E-state index is -0.411. The first kappa shape index (κ1) is 18.0. The normalized spacial score (nSPS) is 18.6. The molecule has 1 aliphatic rings. The Morgan fingerprint density at radius 1 is 0.900 bits per heavy atom.